The maximum atomic E-state index is 9.13. The van der Waals surface area contributed by atoms with Crippen LogP contribution in [0.15, 0.2) is 59.3 Å². The number of hydrogen-bond acceptors (Lipinski definition) is 5. The van der Waals surface area contributed by atoms with Gasteiger partial charge < -0.3 is 0 Å². The minimum atomic E-state index is -0.253. The Kier molecular flexibility index (Phi) is 11.7. The molecule has 0 rings (SSSR count). The van der Waals surface area contributed by atoms with Crippen LogP contribution in [0.5, 0.6) is 0 Å². The van der Waals surface area contributed by atoms with Gasteiger partial charge in [0.05, 0.1) is 59.4 Å². The first-order chi connectivity index (χ1) is 12.1. The van der Waals surface area contributed by atoms with Crippen molar-refractivity contribution < 1.29 is 0 Å². The first-order valence-electron chi connectivity index (χ1n) is 7.60. The molecule has 0 heterocycles. The summed E-state index contributed by atoms with van der Waals surface area (Å²) in [7, 11) is 0. The summed E-state index contributed by atoms with van der Waals surface area (Å²) >= 11 is 0. The van der Waals surface area contributed by atoms with E-state index in [4.69, 9.17) is 26.3 Å². The van der Waals surface area contributed by atoms with Gasteiger partial charge in [-0.2, -0.15) is 26.3 Å². The van der Waals surface area contributed by atoms with Gasteiger partial charge in [0, 0.05) is 0 Å². The first-order valence-corrected chi connectivity index (χ1v) is 7.60. The average molecular weight is 327 g/mol. The Bertz CT molecular complexity index is 803. The van der Waals surface area contributed by atoms with Crippen molar-refractivity contribution >= 4 is 0 Å². The van der Waals surface area contributed by atoms with Crippen LogP contribution in [0.4, 0.5) is 0 Å². The normalized spacial score (nSPS) is 13.5. The van der Waals surface area contributed by atoms with Crippen LogP contribution in [0.1, 0.15) is 26.2 Å². The summed E-state index contributed by atoms with van der Waals surface area (Å²) in [6, 6.07) is 9.92. The van der Waals surface area contributed by atoms with Gasteiger partial charge in [-0.15, -0.1) is 0 Å². The van der Waals surface area contributed by atoms with Crippen molar-refractivity contribution in [2.45, 2.75) is 26.2 Å². The van der Waals surface area contributed by atoms with E-state index in [9.17, 15) is 0 Å². The Balaban J connectivity index is 5.40. The molecule has 0 fully saturated rings. The molecule has 5 heteroatoms. The highest BCUT2D eigenvalue weighted by atomic mass is 14.3. The molecule has 0 radical (unpaired) electrons. The molecule has 0 spiro atoms. The highest BCUT2D eigenvalue weighted by Crippen LogP contribution is 2.10. The highest BCUT2D eigenvalue weighted by Gasteiger charge is 2.00. The second kappa shape index (κ2) is 13.8. The predicted octanol–water partition coefficient (Wildman–Crippen LogP) is 4.30. The standard InChI is InChI=1S/C20H17N5/c1-2-5-17(13-22)7-8-18(14-23)9-10-20(16-25)12-19(15-24)6-3-4-11-21/h3,6-10,12,17H,2,4-5H2,1H3. The van der Waals surface area contributed by atoms with Gasteiger partial charge in [0.15, 0.2) is 0 Å². The monoisotopic (exact) mass is 327 g/mol. The topological polar surface area (TPSA) is 119 Å². The largest absolute Gasteiger partial charge is 0.198 e. The van der Waals surface area contributed by atoms with Crippen LogP contribution < -0.4 is 0 Å². The smallest absolute Gasteiger partial charge is 0.0992 e. The van der Waals surface area contributed by atoms with Crippen molar-refractivity contribution in [2.75, 3.05) is 0 Å². The van der Waals surface area contributed by atoms with E-state index in [0.717, 1.165) is 6.42 Å². The van der Waals surface area contributed by atoms with Gasteiger partial charge in [0.1, 0.15) is 0 Å². The number of nitrogens with zero attached hydrogens (tertiary/aromatic N) is 5. The Labute approximate surface area is 148 Å². The van der Waals surface area contributed by atoms with Crippen molar-refractivity contribution in [3.05, 3.63) is 59.3 Å². The Morgan fingerprint density at radius 3 is 2.04 bits per heavy atom. The van der Waals surface area contributed by atoms with Gasteiger partial charge in [-0.25, -0.2) is 0 Å². The zero-order valence-electron chi connectivity index (χ0n) is 14.0. The SMILES string of the molecule is CCCC(C#N)C=CC(C#N)=CC=C(C#N)C=C(C#N)C=CCC#N. The fourth-order valence-electron chi connectivity index (χ4n) is 1.69. The number of nitriles is 5. The molecule has 5 nitrogen and oxygen atoms in total. The van der Waals surface area contributed by atoms with Crippen LogP contribution in [0.25, 0.3) is 0 Å². The molecule has 122 valence electrons. The molecule has 0 aliphatic heterocycles. The van der Waals surface area contributed by atoms with Crippen molar-refractivity contribution in [1.29, 1.82) is 26.3 Å². The minimum absolute atomic E-state index is 0.172. The molecular weight excluding hydrogens is 310 g/mol. The summed E-state index contributed by atoms with van der Waals surface area (Å²) < 4.78 is 0. The van der Waals surface area contributed by atoms with Crippen LogP contribution in [-0.2, 0) is 0 Å². The van der Waals surface area contributed by atoms with E-state index >= 15 is 0 Å². The van der Waals surface area contributed by atoms with Crippen LogP contribution in [0.2, 0.25) is 0 Å². The minimum Gasteiger partial charge on any atom is -0.198 e. The average Bonchev–Trinajstić information content (AvgIpc) is 2.64. The zero-order valence-corrected chi connectivity index (χ0v) is 14.0. The molecule has 0 aliphatic rings. The molecule has 0 aliphatic carbocycles. The van der Waals surface area contributed by atoms with Crippen LogP contribution in [0.3, 0.4) is 0 Å². The van der Waals surface area contributed by atoms with Gasteiger partial charge in [-0.3, -0.25) is 0 Å². The van der Waals surface area contributed by atoms with E-state index in [1.165, 1.54) is 30.4 Å². The van der Waals surface area contributed by atoms with E-state index in [-0.39, 0.29) is 23.5 Å². The Morgan fingerprint density at radius 2 is 1.52 bits per heavy atom. The number of rotatable bonds is 8. The summed E-state index contributed by atoms with van der Waals surface area (Å²) in [5, 5.41) is 44.7. The quantitative estimate of drug-likeness (QED) is 0.486. The van der Waals surface area contributed by atoms with Crippen LogP contribution >= 0.6 is 0 Å². The second-order valence-electron chi connectivity index (χ2n) is 4.83. The molecule has 1 unspecified atom stereocenters. The molecule has 0 saturated heterocycles. The van der Waals surface area contributed by atoms with Gasteiger partial charge in [0.25, 0.3) is 0 Å². The van der Waals surface area contributed by atoms with Crippen molar-refractivity contribution in [3.8, 4) is 30.3 Å². The fourth-order valence-corrected chi connectivity index (χ4v) is 1.69. The molecule has 0 aromatic rings. The summed E-state index contributed by atoms with van der Waals surface area (Å²) in [6.45, 7) is 1.98. The number of hydrogen-bond donors (Lipinski definition) is 0. The molecule has 0 bridgehead atoms. The van der Waals surface area contributed by atoms with Crippen LogP contribution in [-0.4, -0.2) is 0 Å². The van der Waals surface area contributed by atoms with Crippen LogP contribution in [0, 0.1) is 62.6 Å². The van der Waals surface area contributed by atoms with E-state index in [1.807, 2.05) is 31.2 Å². The molecular formula is C20H17N5. The lowest BCUT2D eigenvalue weighted by Crippen LogP contribution is -1.90. The Morgan fingerprint density at radius 1 is 0.880 bits per heavy atom. The Hall–Kier alpha value is -3.85. The summed E-state index contributed by atoms with van der Waals surface area (Å²) in [6.07, 6.45) is 12.2. The molecule has 25 heavy (non-hydrogen) atoms. The first kappa shape index (κ1) is 21.1. The van der Waals surface area contributed by atoms with E-state index in [2.05, 4.69) is 6.07 Å². The van der Waals surface area contributed by atoms with Gasteiger partial charge in [0.2, 0.25) is 0 Å². The predicted molar refractivity (Wildman–Crippen MR) is 93.6 cm³/mol. The molecule has 1 atom stereocenters. The van der Waals surface area contributed by atoms with Crippen molar-refractivity contribution in [3.63, 3.8) is 0 Å². The van der Waals surface area contributed by atoms with Gasteiger partial charge in [-0.1, -0.05) is 25.5 Å². The van der Waals surface area contributed by atoms with E-state index in [1.54, 1.807) is 12.2 Å². The molecule has 0 saturated carbocycles. The molecule has 0 amide bonds. The number of allylic oxidation sites excluding steroid dienone is 10. The van der Waals surface area contributed by atoms with Crippen molar-refractivity contribution in [2.24, 2.45) is 5.92 Å². The molecule has 0 aromatic heterocycles. The zero-order chi connectivity index (χ0) is 18.9. The van der Waals surface area contributed by atoms with Gasteiger partial charge >= 0.3 is 0 Å². The van der Waals surface area contributed by atoms with Gasteiger partial charge in [-0.05, 0) is 36.8 Å². The lowest BCUT2D eigenvalue weighted by Gasteiger charge is -1.98. The fraction of sp³-hybridized carbons (Fsp3) is 0.250. The third-order valence-corrected chi connectivity index (χ3v) is 2.92. The summed E-state index contributed by atoms with van der Waals surface area (Å²) in [5.74, 6) is -0.253. The lowest BCUT2D eigenvalue weighted by atomic mass is 10.0. The molecule has 0 aromatic carbocycles. The summed E-state index contributed by atoms with van der Waals surface area (Å²) in [4.78, 5) is 0. The maximum Gasteiger partial charge on any atom is 0.0992 e. The third-order valence-electron chi connectivity index (χ3n) is 2.92. The van der Waals surface area contributed by atoms with Crippen molar-refractivity contribution in [1.82, 2.24) is 0 Å². The summed E-state index contributed by atoms with van der Waals surface area (Å²) in [5.41, 5.74) is 0.735. The second-order valence-corrected chi connectivity index (χ2v) is 4.83. The van der Waals surface area contributed by atoms with E-state index in [0.29, 0.717) is 12.0 Å². The third kappa shape index (κ3) is 9.71. The maximum absolute atomic E-state index is 9.13. The molecule has 0 N–H and O–H groups in total. The lowest BCUT2D eigenvalue weighted by molar-refractivity contribution is 0.701. The highest BCUT2D eigenvalue weighted by molar-refractivity contribution is 5.48. The van der Waals surface area contributed by atoms with E-state index < -0.39 is 0 Å².